The Morgan fingerprint density at radius 1 is 1.53 bits per heavy atom. The van der Waals surface area contributed by atoms with E-state index in [1.54, 1.807) is 7.11 Å². The molecule has 4 nitrogen and oxygen atoms in total. The molecule has 0 bridgehead atoms. The lowest BCUT2D eigenvalue weighted by atomic mass is 10.2. The summed E-state index contributed by atoms with van der Waals surface area (Å²) < 4.78 is 15.9. The third-order valence-corrected chi connectivity index (χ3v) is 2.50. The Hall–Kier alpha value is -1.39. The van der Waals surface area contributed by atoms with Gasteiger partial charge in [-0.25, -0.2) is 0 Å². The minimum atomic E-state index is 0.237. The quantitative estimate of drug-likeness (QED) is 0.876. The molecular weight excluding hydrogens is 242 g/mol. The third-order valence-electron chi connectivity index (χ3n) is 2.36. The lowest BCUT2D eigenvalue weighted by molar-refractivity contribution is 0.171. The van der Waals surface area contributed by atoms with E-state index < -0.39 is 0 Å². The van der Waals surface area contributed by atoms with E-state index in [9.17, 15) is 0 Å². The Labute approximate surface area is 105 Å². The summed E-state index contributed by atoms with van der Waals surface area (Å²) in [6, 6.07) is 3.84. The van der Waals surface area contributed by atoms with Gasteiger partial charge in [0, 0.05) is 18.1 Å². The summed E-state index contributed by atoms with van der Waals surface area (Å²) in [7, 11) is 1.61. The third kappa shape index (κ3) is 2.84. The van der Waals surface area contributed by atoms with Gasteiger partial charge in [0.1, 0.15) is 0 Å². The van der Waals surface area contributed by atoms with E-state index >= 15 is 0 Å². The van der Waals surface area contributed by atoms with Gasteiger partial charge in [-0.1, -0.05) is 18.2 Å². The minimum Gasteiger partial charge on any atom is -0.493 e. The van der Waals surface area contributed by atoms with Crippen molar-refractivity contribution in [3.05, 3.63) is 29.3 Å². The Morgan fingerprint density at radius 2 is 2.35 bits per heavy atom. The van der Waals surface area contributed by atoms with Crippen LogP contribution in [0.2, 0.25) is 0 Å². The van der Waals surface area contributed by atoms with Gasteiger partial charge in [0.25, 0.3) is 0 Å². The summed E-state index contributed by atoms with van der Waals surface area (Å²) in [5.41, 5.74) is 1.05. The Morgan fingerprint density at radius 3 is 3.06 bits per heavy atom. The van der Waals surface area contributed by atoms with E-state index in [4.69, 9.17) is 25.8 Å². The number of halogens is 1. The van der Waals surface area contributed by atoms with Gasteiger partial charge in [0.05, 0.1) is 7.11 Å². The molecule has 0 saturated carbocycles. The Kier molecular flexibility index (Phi) is 3.76. The van der Waals surface area contributed by atoms with Crippen molar-refractivity contribution in [2.24, 2.45) is 0 Å². The van der Waals surface area contributed by atoms with Gasteiger partial charge >= 0.3 is 0 Å². The second-order valence-electron chi connectivity index (χ2n) is 3.65. The maximum absolute atomic E-state index is 5.67. The van der Waals surface area contributed by atoms with Gasteiger partial charge in [0.2, 0.25) is 12.5 Å². The number of fused-ring (bicyclic) bond motifs is 1. The molecule has 1 N–H and O–H groups in total. The molecule has 0 unspecified atom stereocenters. The molecule has 1 aliphatic rings. The first-order chi connectivity index (χ1) is 8.20. The first kappa shape index (κ1) is 12.1. The molecule has 0 atom stereocenters. The van der Waals surface area contributed by atoms with E-state index in [0.29, 0.717) is 35.4 Å². The van der Waals surface area contributed by atoms with E-state index in [1.165, 1.54) is 0 Å². The molecule has 0 spiro atoms. The lowest BCUT2D eigenvalue weighted by Gasteiger charge is -2.08. The predicted molar refractivity (Wildman–Crippen MR) is 65.8 cm³/mol. The molecule has 0 fully saturated rings. The molecule has 92 valence electrons. The maximum Gasteiger partial charge on any atom is 0.231 e. The van der Waals surface area contributed by atoms with Crippen molar-refractivity contribution in [1.29, 1.82) is 0 Å². The fourth-order valence-electron chi connectivity index (χ4n) is 1.63. The molecule has 17 heavy (non-hydrogen) atoms. The van der Waals surface area contributed by atoms with Crippen molar-refractivity contribution in [2.45, 2.75) is 6.54 Å². The van der Waals surface area contributed by atoms with Crippen LogP contribution < -0.4 is 19.5 Å². The monoisotopic (exact) mass is 255 g/mol. The number of hydrogen-bond acceptors (Lipinski definition) is 4. The van der Waals surface area contributed by atoms with Crippen molar-refractivity contribution in [3.63, 3.8) is 0 Å². The number of rotatable bonds is 5. The lowest BCUT2D eigenvalue weighted by Crippen LogP contribution is -2.14. The first-order valence-electron chi connectivity index (χ1n) is 5.21. The van der Waals surface area contributed by atoms with Crippen LogP contribution in [0.25, 0.3) is 0 Å². The average molecular weight is 256 g/mol. The highest BCUT2D eigenvalue weighted by molar-refractivity contribution is 6.29. The summed E-state index contributed by atoms with van der Waals surface area (Å²) in [4.78, 5) is 0. The standard InChI is InChI=1S/C12H14ClNO3/c1-8(13)5-14-6-9-3-10(15-2)12-11(4-9)16-7-17-12/h3-4,14H,1,5-7H2,2H3. The van der Waals surface area contributed by atoms with Crippen LogP contribution in [0.4, 0.5) is 0 Å². The largest absolute Gasteiger partial charge is 0.493 e. The molecule has 0 saturated heterocycles. The molecule has 1 aromatic rings. The van der Waals surface area contributed by atoms with E-state index in [2.05, 4.69) is 11.9 Å². The first-order valence-corrected chi connectivity index (χ1v) is 5.59. The highest BCUT2D eigenvalue weighted by Crippen LogP contribution is 2.41. The van der Waals surface area contributed by atoms with Crippen LogP contribution in [0.3, 0.4) is 0 Å². The van der Waals surface area contributed by atoms with Crippen LogP contribution in [0.15, 0.2) is 23.7 Å². The molecule has 0 radical (unpaired) electrons. The molecule has 1 heterocycles. The van der Waals surface area contributed by atoms with Crippen molar-refractivity contribution < 1.29 is 14.2 Å². The summed E-state index contributed by atoms with van der Waals surface area (Å²) in [5.74, 6) is 2.06. The second-order valence-corrected chi connectivity index (χ2v) is 4.19. The van der Waals surface area contributed by atoms with Crippen LogP contribution >= 0.6 is 11.6 Å². The highest BCUT2D eigenvalue weighted by atomic mass is 35.5. The van der Waals surface area contributed by atoms with E-state index in [1.807, 2.05) is 12.1 Å². The van der Waals surface area contributed by atoms with Crippen LogP contribution in [0, 0.1) is 0 Å². The van der Waals surface area contributed by atoms with E-state index in [-0.39, 0.29) is 6.79 Å². The van der Waals surface area contributed by atoms with Gasteiger partial charge in [-0.3, -0.25) is 0 Å². The summed E-state index contributed by atoms with van der Waals surface area (Å²) >= 11 is 5.67. The van der Waals surface area contributed by atoms with Crippen molar-refractivity contribution >= 4 is 11.6 Å². The van der Waals surface area contributed by atoms with Crippen LogP contribution in [-0.2, 0) is 6.54 Å². The van der Waals surface area contributed by atoms with Crippen LogP contribution in [-0.4, -0.2) is 20.4 Å². The van der Waals surface area contributed by atoms with Gasteiger partial charge in [-0.15, -0.1) is 0 Å². The van der Waals surface area contributed by atoms with Crippen LogP contribution in [0.1, 0.15) is 5.56 Å². The fourth-order valence-corrected chi connectivity index (χ4v) is 1.72. The molecule has 5 heteroatoms. The average Bonchev–Trinajstić information content (AvgIpc) is 2.75. The SMILES string of the molecule is C=C(Cl)CNCc1cc(OC)c2c(c1)OCO2. The topological polar surface area (TPSA) is 39.7 Å². The number of methoxy groups -OCH3 is 1. The number of benzene rings is 1. The van der Waals surface area contributed by atoms with Crippen LogP contribution in [0.5, 0.6) is 17.2 Å². The number of nitrogens with one attached hydrogen (secondary N) is 1. The zero-order valence-corrected chi connectivity index (χ0v) is 10.3. The second kappa shape index (κ2) is 5.29. The molecule has 0 amide bonds. The normalized spacial score (nSPS) is 12.6. The Bertz CT molecular complexity index is 434. The van der Waals surface area contributed by atoms with Crippen molar-refractivity contribution in [1.82, 2.24) is 5.32 Å². The van der Waals surface area contributed by atoms with Crippen molar-refractivity contribution in [3.8, 4) is 17.2 Å². The minimum absolute atomic E-state index is 0.237. The maximum atomic E-state index is 5.67. The molecule has 2 rings (SSSR count). The Balaban J connectivity index is 2.10. The van der Waals surface area contributed by atoms with Gasteiger partial charge in [-0.05, 0) is 17.7 Å². The number of hydrogen-bond donors (Lipinski definition) is 1. The molecule has 0 aliphatic carbocycles. The molecule has 0 aromatic heterocycles. The number of ether oxygens (including phenoxy) is 3. The van der Waals surface area contributed by atoms with E-state index in [0.717, 1.165) is 5.56 Å². The zero-order valence-electron chi connectivity index (χ0n) is 9.59. The summed E-state index contributed by atoms with van der Waals surface area (Å²) in [6.45, 7) is 5.08. The smallest absolute Gasteiger partial charge is 0.231 e. The fraction of sp³-hybridized carbons (Fsp3) is 0.333. The van der Waals surface area contributed by atoms with Gasteiger partial charge in [0.15, 0.2) is 11.5 Å². The van der Waals surface area contributed by atoms with Gasteiger partial charge < -0.3 is 19.5 Å². The summed E-state index contributed by atoms with van der Waals surface area (Å²) in [6.07, 6.45) is 0. The highest BCUT2D eigenvalue weighted by Gasteiger charge is 2.19. The van der Waals surface area contributed by atoms with Gasteiger partial charge in [-0.2, -0.15) is 0 Å². The predicted octanol–water partition coefficient (Wildman–Crippen LogP) is 2.27. The van der Waals surface area contributed by atoms with Crippen molar-refractivity contribution in [2.75, 3.05) is 20.4 Å². The molecular formula is C12H14ClNO3. The zero-order chi connectivity index (χ0) is 12.3. The molecule has 1 aromatic carbocycles. The molecule has 1 aliphatic heterocycles. The summed E-state index contributed by atoms with van der Waals surface area (Å²) in [5, 5.41) is 3.74.